The van der Waals surface area contributed by atoms with Gasteiger partial charge in [-0.2, -0.15) is 5.10 Å². The maximum Gasteiger partial charge on any atom is 0.277 e. The van der Waals surface area contributed by atoms with Crippen molar-refractivity contribution in [1.82, 2.24) is 5.43 Å². The molecule has 2 rings (SSSR count). The van der Waals surface area contributed by atoms with Gasteiger partial charge in [0.15, 0.2) is 18.1 Å². The highest BCUT2D eigenvalue weighted by molar-refractivity contribution is 5.83. The highest BCUT2D eigenvalue weighted by atomic mass is 16.5. The second kappa shape index (κ2) is 7.84. The molecule has 0 aromatic heterocycles. The molecular formula is C17H18N2O4. The van der Waals surface area contributed by atoms with Gasteiger partial charge in [0.1, 0.15) is 5.75 Å². The number of methoxy groups -OCH3 is 1. The van der Waals surface area contributed by atoms with Crippen LogP contribution in [0.4, 0.5) is 0 Å². The molecule has 0 fully saturated rings. The van der Waals surface area contributed by atoms with Gasteiger partial charge in [-0.1, -0.05) is 17.7 Å². The van der Waals surface area contributed by atoms with Crippen molar-refractivity contribution in [3.63, 3.8) is 0 Å². The minimum absolute atomic E-state index is 0.0418. The average molecular weight is 314 g/mol. The number of hydrazone groups is 1. The quantitative estimate of drug-likeness (QED) is 0.633. The van der Waals surface area contributed by atoms with E-state index >= 15 is 0 Å². The molecule has 6 nitrogen and oxygen atoms in total. The van der Waals surface area contributed by atoms with Gasteiger partial charge >= 0.3 is 0 Å². The Morgan fingerprint density at radius 3 is 2.70 bits per heavy atom. The molecule has 1 amide bonds. The molecule has 0 aliphatic carbocycles. The molecule has 23 heavy (non-hydrogen) atoms. The molecule has 0 aliphatic heterocycles. The summed E-state index contributed by atoms with van der Waals surface area (Å²) in [7, 11) is 1.46. The fraction of sp³-hybridized carbons (Fsp3) is 0.176. The van der Waals surface area contributed by atoms with Crippen LogP contribution in [0.1, 0.15) is 11.1 Å². The van der Waals surface area contributed by atoms with Gasteiger partial charge in [0, 0.05) is 0 Å². The number of ether oxygens (including phenoxy) is 2. The lowest BCUT2D eigenvalue weighted by Crippen LogP contribution is -2.24. The summed E-state index contributed by atoms with van der Waals surface area (Å²) in [5, 5.41) is 13.3. The lowest BCUT2D eigenvalue weighted by Gasteiger charge is -2.05. The van der Waals surface area contributed by atoms with E-state index in [-0.39, 0.29) is 18.3 Å². The summed E-state index contributed by atoms with van der Waals surface area (Å²) < 4.78 is 10.3. The van der Waals surface area contributed by atoms with Gasteiger partial charge in [0.25, 0.3) is 5.91 Å². The Bertz CT molecular complexity index is 696. The maximum atomic E-state index is 11.6. The van der Waals surface area contributed by atoms with Crippen LogP contribution in [0.2, 0.25) is 0 Å². The van der Waals surface area contributed by atoms with Crippen molar-refractivity contribution >= 4 is 12.1 Å². The molecule has 0 atom stereocenters. The zero-order valence-corrected chi connectivity index (χ0v) is 12.9. The molecule has 0 bridgehead atoms. The number of phenols is 1. The standard InChI is InChI=1S/C17H18N2O4/c1-12-3-6-14(7-4-12)23-11-17(21)19-18-10-13-5-8-15(20)16(9-13)22-2/h3-10,20H,11H2,1-2H3,(H,19,21)/b18-10+. The van der Waals surface area contributed by atoms with E-state index in [2.05, 4.69) is 10.5 Å². The number of rotatable bonds is 6. The number of hydrogen-bond donors (Lipinski definition) is 2. The number of nitrogens with zero attached hydrogens (tertiary/aromatic N) is 1. The number of carbonyl (C=O) groups excluding carboxylic acids is 1. The first-order valence-corrected chi connectivity index (χ1v) is 6.97. The third kappa shape index (κ3) is 5.03. The van der Waals surface area contributed by atoms with E-state index in [4.69, 9.17) is 9.47 Å². The Balaban J connectivity index is 1.82. The van der Waals surface area contributed by atoms with Gasteiger partial charge in [-0.05, 0) is 42.8 Å². The molecule has 2 N–H and O–H groups in total. The van der Waals surface area contributed by atoms with Crippen LogP contribution in [-0.2, 0) is 4.79 Å². The first kappa shape index (κ1) is 16.4. The van der Waals surface area contributed by atoms with Crippen molar-refractivity contribution in [1.29, 1.82) is 0 Å². The molecule has 2 aromatic rings. The third-order valence-corrected chi connectivity index (χ3v) is 3.00. The summed E-state index contributed by atoms with van der Waals surface area (Å²) >= 11 is 0. The minimum Gasteiger partial charge on any atom is -0.504 e. The smallest absolute Gasteiger partial charge is 0.277 e. The second-order valence-electron chi connectivity index (χ2n) is 4.83. The Hall–Kier alpha value is -3.02. The van der Waals surface area contributed by atoms with Gasteiger partial charge in [0.05, 0.1) is 13.3 Å². The number of phenolic OH excluding ortho intramolecular Hbond substituents is 1. The summed E-state index contributed by atoms with van der Waals surface area (Å²) in [6, 6.07) is 12.2. The van der Waals surface area contributed by atoms with Crippen molar-refractivity contribution in [2.24, 2.45) is 5.10 Å². The Morgan fingerprint density at radius 1 is 1.26 bits per heavy atom. The summed E-state index contributed by atoms with van der Waals surface area (Å²) in [6.07, 6.45) is 1.45. The van der Waals surface area contributed by atoms with Crippen molar-refractivity contribution in [3.05, 3.63) is 53.6 Å². The molecular weight excluding hydrogens is 296 g/mol. The molecule has 0 heterocycles. The van der Waals surface area contributed by atoms with Crippen LogP contribution in [0.25, 0.3) is 0 Å². The van der Waals surface area contributed by atoms with E-state index in [9.17, 15) is 9.90 Å². The van der Waals surface area contributed by atoms with Crippen LogP contribution >= 0.6 is 0 Å². The Labute approximate surface area is 134 Å². The summed E-state index contributed by atoms with van der Waals surface area (Å²) in [5.41, 5.74) is 4.17. The number of aryl methyl sites for hydroxylation is 1. The fourth-order valence-electron chi connectivity index (χ4n) is 1.77. The van der Waals surface area contributed by atoms with Crippen molar-refractivity contribution < 1.29 is 19.4 Å². The predicted octanol–water partition coefficient (Wildman–Crippen LogP) is 2.24. The summed E-state index contributed by atoms with van der Waals surface area (Å²) in [4.78, 5) is 11.6. The largest absolute Gasteiger partial charge is 0.504 e. The molecule has 0 spiro atoms. The van der Waals surface area contributed by atoms with Crippen LogP contribution in [0.15, 0.2) is 47.6 Å². The van der Waals surface area contributed by atoms with Gasteiger partial charge in [0.2, 0.25) is 0 Å². The zero-order chi connectivity index (χ0) is 16.7. The number of amides is 1. The van der Waals surface area contributed by atoms with E-state index < -0.39 is 0 Å². The fourth-order valence-corrected chi connectivity index (χ4v) is 1.77. The van der Waals surface area contributed by atoms with E-state index in [1.165, 1.54) is 19.4 Å². The zero-order valence-electron chi connectivity index (χ0n) is 12.9. The number of nitrogens with one attached hydrogen (secondary N) is 1. The highest BCUT2D eigenvalue weighted by Gasteiger charge is 2.02. The predicted molar refractivity (Wildman–Crippen MR) is 87.1 cm³/mol. The third-order valence-electron chi connectivity index (χ3n) is 3.00. The number of hydrogen-bond acceptors (Lipinski definition) is 5. The number of benzene rings is 2. The number of carbonyl (C=O) groups is 1. The van der Waals surface area contributed by atoms with Crippen LogP contribution in [-0.4, -0.2) is 30.9 Å². The van der Waals surface area contributed by atoms with Crippen molar-refractivity contribution in [3.8, 4) is 17.2 Å². The Kier molecular flexibility index (Phi) is 5.57. The maximum absolute atomic E-state index is 11.6. The van der Waals surface area contributed by atoms with Gasteiger partial charge in [-0.25, -0.2) is 5.43 Å². The van der Waals surface area contributed by atoms with Gasteiger partial charge in [-0.3, -0.25) is 4.79 Å². The molecule has 0 saturated heterocycles. The van der Waals surface area contributed by atoms with E-state index in [1.807, 2.05) is 19.1 Å². The van der Waals surface area contributed by atoms with Gasteiger partial charge < -0.3 is 14.6 Å². The van der Waals surface area contributed by atoms with Crippen LogP contribution in [0.3, 0.4) is 0 Å². The Morgan fingerprint density at radius 2 is 2.00 bits per heavy atom. The van der Waals surface area contributed by atoms with Crippen LogP contribution in [0, 0.1) is 6.92 Å². The highest BCUT2D eigenvalue weighted by Crippen LogP contribution is 2.25. The van der Waals surface area contributed by atoms with E-state index in [1.54, 1.807) is 24.3 Å². The first-order valence-electron chi connectivity index (χ1n) is 6.97. The first-order chi connectivity index (χ1) is 11.1. The second-order valence-corrected chi connectivity index (χ2v) is 4.83. The molecule has 6 heteroatoms. The van der Waals surface area contributed by atoms with Crippen molar-refractivity contribution in [2.45, 2.75) is 6.92 Å². The van der Waals surface area contributed by atoms with E-state index in [0.717, 1.165) is 5.56 Å². The van der Waals surface area contributed by atoms with Gasteiger partial charge in [-0.15, -0.1) is 0 Å². The van der Waals surface area contributed by atoms with Crippen molar-refractivity contribution in [2.75, 3.05) is 13.7 Å². The minimum atomic E-state index is -0.368. The molecule has 120 valence electrons. The monoisotopic (exact) mass is 314 g/mol. The lowest BCUT2D eigenvalue weighted by molar-refractivity contribution is -0.123. The van der Waals surface area contributed by atoms with E-state index in [0.29, 0.717) is 17.1 Å². The molecule has 0 aliphatic rings. The summed E-state index contributed by atoms with van der Waals surface area (Å²) in [5.74, 6) is 0.633. The normalized spacial score (nSPS) is 10.5. The number of aromatic hydroxyl groups is 1. The SMILES string of the molecule is COc1cc(/C=N/NC(=O)COc2ccc(C)cc2)ccc1O. The average Bonchev–Trinajstić information content (AvgIpc) is 2.56. The molecule has 0 unspecified atom stereocenters. The molecule has 0 saturated carbocycles. The summed E-state index contributed by atoms with van der Waals surface area (Å²) in [6.45, 7) is 1.85. The van der Waals surface area contributed by atoms with Crippen LogP contribution in [0.5, 0.6) is 17.2 Å². The molecule has 2 aromatic carbocycles. The lowest BCUT2D eigenvalue weighted by atomic mass is 10.2. The van der Waals surface area contributed by atoms with Crippen LogP contribution < -0.4 is 14.9 Å². The topological polar surface area (TPSA) is 80.2 Å². The molecule has 0 radical (unpaired) electrons.